The number of nitrogen functional groups attached to an aromatic ring is 1. The molecule has 1 aromatic heterocycles. The van der Waals surface area contributed by atoms with Crippen LogP contribution in [0.3, 0.4) is 0 Å². The Labute approximate surface area is 101 Å². The first kappa shape index (κ1) is 11.6. The van der Waals surface area contributed by atoms with Gasteiger partial charge in [0.05, 0.1) is 5.41 Å². The van der Waals surface area contributed by atoms with Gasteiger partial charge in [-0.15, -0.1) is 0 Å². The number of benzene rings is 1. The summed E-state index contributed by atoms with van der Waals surface area (Å²) < 4.78 is 5.31. The molecule has 0 amide bonds. The average molecular weight is 231 g/mol. The number of anilines is 1. The highest BCUT2D eigenvalue weighted by atomic mass is 16.5. The molecule has 0 atom stereocenters. The van der Waals surface area contributed by atoms with Crippen molar-refractivity contribution in [3.8, 4) is 0 Å². The van der Waals surface area contributed by atoms with Crippen molar-refractivity contribution in [1.82, 2.24) is 10.1 Å². The summed E-state index contributed by atoms with van der Waals surface area (Å²) in [6.45, 7) is 6.13. The fourth-order valence-corrected chi connectivity index (χ4v) is 1.67. The van der Waals surface area contributed by atoms with Gasteiger partial charge in [0.25, 0.3) is 0 Å². The van der Waals surface area contributed by atoms with Crippen LogP contribution in [0.5, 0.6) is 0 Å². The monoisotopic (exact) mass is 231 g/mol. The summed E-state index contributed by atoms with van der Waals surface area (Å²) in [6, 6.07) is 7.75. The molecule has 0 aliphatic carbocycles. The van der Waals surface area contributed by atoms with E-state index < -0.39 is 0 Å². The van der Waals surface area contributed by atoms with Crippen LogP contribution in [0.1, 0.15) is 38.0 Å². The Hall–Kier alpha value is -1.84. The molecule has 2 rings (SSSR count). The van der Waals surface area contributed by atoms with Crippen molar-refractivity contribution in [1.29, 1.82) is 0 Å². The Balaban J connectivity index is 2.37. The van der Waals surface area contributed by atoms with Gasteiger partial charge in [0, 0.05) is 12.1 Å². The molecule has 17 heavy (non-hydrogen) atoms. The summed E-state index contributed by atoms with van der Waals surface area (Å²) >= 11 is 0. The molecule has 1 aromatic carbocycles. The zero-order chi connectivity index (χ0) is 12.5. The van der Waals surface area contributed by atoms with Gasteiger partial charge in [0.2, 0.25) is 5.89 Å². The van der Waals surface area contributed by atoms with Crippen molar-refractivity contribution in [2.45, 2.75) is 32.6 Å². The van der Waals surface area contributed by atoms with Crippen LogP contribution in [0.4, 0.5) is 5.69 Å². The van der Waals surface area contributed by atoms with Crippen LogP contribution in [0.15, 0.2) is 28.8 Å². The van der Waals surface area contributed by atoms with Crippen molar-refractivity contribution < 1.29 is 4.52 Å². The lowest BCUT2D eigenvalue weighted by Crippen LogP contribution is -2.19. The molecule has 0 fully saturated rings. The van der Waals surface area contributed by atoms with Crippen LogP contribution in [-0.2, 0) is 11.8 Å². The van der Waals surface area contributed by atoms with Gasteiger partial charge < -0.3 is 10.3 Å². The number of nitrogens with zero attached hydrogens (tertiary/aromatic N) is 2. The van der Waals surface area contributed by atoms with E-state index in [-0.39, 0.29) is 5.41 Å². The second kappa shape index (κ2) is 4.20. The topological polar surface area (TPSA) is 64.9 Å². The normalized spacial score (nSPS) is 11.7. The highest BCUT2D eigenvalue weighted by molar-refractivity contribution is 5.42. The summed E-state index contributed by atoms with van der Waals surface area (Å²) in [5, 5.41) is 3.93. The molecule has 0 spiro atoms. The second-order valence-electron chi connectivity index (χ2n) is 4.62. The molecule has 0 saturated carbocycles. The van der Waals surface area contributed by atoms with E-state index in [2.05, 4.69) is 24.0 Å². The Morgan fingerprint density at radius 1 is 1.24 bits per heavy atom. The minimum absolute atomic E-state index is 0.297. The summed E-state index contributed by atoms with van der Waals surface area (Å²) in [7, 11) is 0. The van der Waals surface area contributed by atoms with E-state index in [1.807, 2.05) is 31.2 Å². The highest BCUT2D eigenvalue weighted by Gasteiger charge is 2.29. The molecule has 90 valence electrons. The third kappa shape index (κ3) is 2.16. The van der Waals surface area contributed by atoms with E-state index in [1.54, 1.807) is 0 Å². The van der Waals surface area contributed by atoms with Crippen molar-refractivity contribution in [2.75, 3.05) is 5.73 Å². The van der Waals surface area contributed by atoms with Crippen LogP contribution in [0.25, 0.3) is 0 Å². The first-order valence-corrected chi connectivity index (χ1v) is 5.73. The molecular formula is C13H17N3O. The fourth-order valence-electron chi connectivity index (χ4n) is 1.67. The first-order chi connectivity index (χ1) is 8.04. The minimum atomic E-state index is -0.297. The van der Waals surface area contributed by atoms with E-state index in [0.29, 0.717) is 5.89 Å². The second-order valence-corrected chi connectivity index (χ2v) is 4.62. The third-order valence-corrected chi connectivity index (χ3v) is 2.95. The van der Waals surface area contributed by atoms with Gasteiger partial charge in [-0.3, -0.25) is 0 Å². The van der Waals surface area contributed by atoms with Gasteiger partial charge in [-0.1, -0.05) is 24.2 Å². The maximum atomic E-state index is 5.68. The van der Waals surface area contributed by atoms with Gasteiger partial charge >= 0.3 is 0 Å². The van der Waals surface area contributed by atoms with Crippen molar-refractivity contribution in [3.05, 3.63) is 41.5 Å². The van der Waals surface area contributed by atoms with E-state index in [1.165, 1.54) is 0 Å². The van der Waals surface area contributed by atoms with Gasteiger partial charge in [0.15, 0.2) is 5.82 Å². The molecule has 0 bridgehead atoms. The Bertz CT molecular complexity index is 500. The molecule has 0 radical (unpaired) electrons. The summed E-state index contributed by atoms with van der Waals surface area (Å²) in [4.78, 5) is 4.39. The third-order valence-electron chi connectivity index (χ3n) is 2.95. The fraction of sp³-hybridized carbons (Fsp3) is 0.385. The molecule has 4 heteroatoms. The summed E-state index contributed by atoms with van der Waals surface area (Å²) in [5.41, 5.74) is 7.25. The molecule has 4 nitrogen and oxygen atoms in total. The number of hydrogen-bond acceptors (Lipinski definition) is 4. The molecule has 0 aliphatic heterocycles. The number of hydrogen-bond donors (Lipinski definition) is 1. The van der Waals surface area contributed by atoms with Crippen molar-refractivity contribution in [2.24, 2.45) is 0 Å². The number of aromatic nitrogens is 2. The lowest BCUT2D eigenvalue weighted by molar-refractivity contribution is 0.330. The highest BCUT2D eigenvalue weighted by Crippen LogP contribution is 2.30. The van der Waals surface area contributed by atoms with Gasteiger partial charge in [-0.05, 0) is 31.5 Å². The smallest absolute Gasteiger partial charge is 0.236 e. The van der Waals surface area contributed by atoms with Gasteiger partial charge in [0.1, 0.15) is 0 Å². The van der Waals surface area contributed by atoms with Crippen LogP contribution < -0.4 is 5.73 Å². The predicted molar refractivity (Wildman–Crippen MR) is 66.7 cm³/mol. The lowest BCUT2D eigenvalue weighted by Gasteiger charge is -2.20. The quantitative estimate of drug-likeness (QED) is 0.824. The molecule has 0 saturated heterocycles. The number of rotatable bonds is 3. The predicted octanol–water partition coefficient (Wildman–Crippen LogP) is 2.54. The van der Waals surface area contributed by atoms with E-state index in [4.69, 9.17) is 10.3 Å². The first-order valence-electron chi connectivity index (χ1n) is 5.73. The van der Waals surface area contributed by atoms with Crippen molar-refractivity contribution in [3.63, 3.8) is 0 Å². The largest absolute Gasteiger partial charge is 0.399 e. The number of aryl methyl sites for hydroxylation is 1. The van der Waals surface area contributed by atoms with E-state index in [9.17, 15) is 0 Å². The van der Waals surface area contributed by atoms with Crippen LogP contribution >= 0.6 is 0 Å². The maximum Gasteiger partial charge on any atom is 0.236 e. The maximum absolute atomic E-state index is 5.68. The van der Waals surface area contributed by atoms with Crippen LogP contribution in [0, 0.1) is 0 Å². The standard InChI is InChI=1S/C13H17N3O/c1-4-11-15-12(17-16-11)13(2,3)9-5-7-10(14)8-6-9/h5-8H,4,14H2,1-3H3. The molecular weight excluding hydrogens is 214 g/mol. The minimum Gasteiger partial charge on any atom is -0.399 e. The summed E-state index contributed by atoms with van der Waals surface area (Å²) in [5.74, 6) is 1.38. The lowest BCUT2D eigenvalue weighted by atomic mass is 9.84. The molecule has 2 N–H and O–H groups in total. The molecule has 0 aliphatic rings. The zero-order valence-corrected chi connectivity index (χ0v) is 10.4. The molecule has 0 unspecified atom stereocenters. The average Bonchev–Trinajstić information content (AvgIpc) is 2.78. The molecule has 2 aromatic rings. The van der Waals surface area contributed by atoms with Gasteiger partial charge in [-0.2, -0.15) is 4.98 Å². The van der Waals surface area contributed by atoms with Gasteiger partial charge in [-0.25, -0.2) is 0 Å². The van der Waals surface area contributed by atoms with E-state index in [0.717, 1.165) is 23.5 Å². The Kier molecular flexibility index (Phi) is 2.88. The van der Waals surface area contributed by atoms with Crippen LogP contribution in [-0.4, -0.2) is 10.1 Å². The van der Waals surface area contributed by atoms with E-state index >= 15 is 0 Å². The Morgan fingerprint density at radius 3 is 2.41 bits per heavy atom. The summed E-state index contributed by atoms with van der Waals surface area (Å²) in [6.07, 6.45) is 0.779. The Morgan fingerprint density at radius 2 is 1.88 bits per heavy atom. The van der Waals surface area contributed by atoms with Crippen molar-refractivity contribution >= 4 is 5.69 Å². The molecule has 1 heterocycles. The zero-order valence-electron chi connectivity index (χ0n) is 10.4. The number of nitrogens with two attached hydrogens (primary N) is 1. The van der Waals surface area contributed by atoms with Crippen LogP contribution in [0.2, 0.25) is 0 Å². The SMILES string of the molecule is CCc1noc(C(C)(C)c2ccc(N)cc2)n1.